The number of hydrogen-bond donors (Lipinski definition) is 0. The van der Waals surface area contributed by atoms with Gasteiger partial charge in [0.1, 0.15) is 16.6 Å². The van der Waals surface area contributed by atoms with E-state index in [0.717, 1.165) is 23.8 Å². The Labute approximate surface area is 138 Å². The summed E-state index contributed by atoms with van der Waals surface area (Å²) in [5.41, 5.74) is 0.954. The van der Waals surface area contributed by atoms with Crippen LogP contribution in [-0.4, -0.2) is 24.8 Å². The molecular weight excluding hydrogens is 332 g/mol. The number of hydrogen-bond acceptors (Lipinski definition) is 5. The Morgan fingerprint density at radius 1 is 1.08 bits per heavy atom. The Kier molecular flexibility index (Phi) is 3.58. The van der Waals surface area contributed by atoms with Gasteiger partial charge in [-0.2, -0.15) is 9.61 Å². The lowest BCUT2D eigenvalue weighted by Gasteiger charge is -1.99. The predicted octanol–water partition coefficient (Wildman–Crippen LogP) is 3.70. The Hall–Kier alpha value is -3.00. The monoisotopic (exact) mass is 341 g/mol. The molecule has 0 saturated carbocycles. The van der Waals surface area contributed by atoms with Crippen LogP contribution in [0, 0.1) is 11.6 Å². The number of benzene rings is 1. The Morgan fingerprint density at radius 3 is 2.83 bits per heavy atom. The van der Waals surface area contributed by atoms with Crippen LogP contribution in [0.1, 0.15) is 10.6 Å². The maximum atomic E-state index is 13.9. The summed E-state index contributed by atoms with van der Waals surface area (Å²) in [7, 11) is 0. The number of fused-ring (bicyclic) bond motifs is 1. The summed E-state index contributed by atoms with van der Waals surface area (Å²) in [6, 6.07) is 6.94. The third kappa shape index (κ3) is 2.67. The van der Waals surface area contributed by atoms with Crippen LogP contribution < -0.4 is 0 Å². The van der Waals surface area contributed by atoms with Gasteiger partial charge in [-0.15, -0.1) is 10.2 Å². The highest BCUT2D eigenvalue weighted by molar-refractivity contribution is 7.17. The highest BCUT2D eigenvalue weighted by Gasteiger charge is 2.16. The fourth-order valence-electron chi connectivity index (χ4n) is 2.18. The summed E-state index contributed by atoms with van der Waals surface area (Å²) in [5, 5.41) is 12.9. The van der Waals surface area contributed by atoms with Crippen molar-refractivity contribution in [3.63, 3.8) is 0 Å². The lowest BCUT2D eigenvalue weighted by Crippen LogP contribution is -1.94. The van der Waals surface area contributed by atoms with Crippen molar-refractivity contribution in [1.82, 2.24) is 24.8 Å². The smallest absolute Gasteiger partial charge is 0.235 e. The summed E-state index contributed by atoms with van der Waals surface area (Å²) in [6.07, 6.45) is 7.09. The van der Waals surface area contributed by atoms with Crippen molar-refractivity contribution in [2.45, 2.75) is 0 Å². The Balaban J connectivity index is 1.74. The molecule has 0 fully saturated rings. The number of rotatable bonds is 3. The van der Waals surface area contributed by atoms with Crippen LogP contribution in [0.2, 0.25) is 0 Å². The molecule has 3 heterocycles. The number of aromatic nitrogens is 5. The maximum Gasteiger partial charge on any atom is 0.235 e. The number of pyridine rings is 1. The van der Waals surface area contributed by atoms with Crippen molar-refractivity contribution in [3.05, 3.63) is 64.9 Å². The molecule has 0 atom stereocenters. The molecule has 8 heteroatoms. The normalized spacial score (nSPS) is 11.6. The van der Waals surface area contributed by atoms with E-state index in [1.165, 1.54) is 15.9 Å². The fourth-order valence-corrected chi connectivity index (χ4v) is 2.92. The summed E-state index contributed by atoms with van der Waals surface area (Å²) in [6.45, 7) is 0. The van der Waals surface area contributed by atoms with Gasteiger partial charge >= 0.3 is 0 Å². The minimum Gasteiger partial charge on any atom is -0.264 e. The molecule has 5 nitrogen and oxygen atoms in total. The second-order valence-corrected chi connectivity index (χ2v) is 5.89. The highest BCUT2D eigenvalue weighted by atomic mass is 32.1. The zero-order valence-corrected chi connectivity index (χ0v) is 12.9. The van der Waals surface area contributed by atoms with Crippen molar-refractivity contribution in [1.29, 1.82) is 0 Å². The second-order valence-electron chi connectivity index (χ2n) is 4.90. The lowest BCUT2D eigenvalue weighted by molar-refractivity contribution is 0.601. The minimum absolute atomic E-state index is 0.0237. The molecular formula is C16H9F2N5S. The van der Waals surface area contributed by atoms with Gasteiger partial charge in [0.25, 0.3) is 0 Å². The maximum absolute atomic E-state index is 13.9. The van der Waals surface area contributed by atoms with E-state index in [0.29, 0.717) is 9.97 Å². The molecule has 24 heavy (non-hydrogen) atoms. The molecule has 0 aliphatic carbocycles. The third-order valence-corrected chi connectivity index (χ3v) is 4.14. The van der Waals surface area contributed by atoms with Crippen LogP contribution in [0.15, 0.2) is 42.7 Å². The first-order chi connectivity index (χ1) is 11.7. The van der Waals surface area contributed by atoms with E-state index in [9.17, 15) is 8.78 Å². The third-order valence-electron chi connectivity index (χ3n) is 3.28. The SMILES string of the molecule is Fc1ccc(F)c(-c2nnc3sc(C=Cc4cccnc4)nn23)c1. The van der Waals surface area contributed by atoms with Crippen molar-refractivity contribution >= 4 is 28.4 Å². The van der Waals surface area contributed by atoms with Gasteiger partial charge in [-0.25, -0.2) is 8.78 Å². The summed E-state index contributed by atoms with van der Waals surface area (Å²) in [4.78, 5) is 4.53. The molecule has 0 saturated heterocycles. The number of halogens is 2. The van der Waals surface area contributed by atoms with Crippen molar-refractivity contribution in [2.24, 2.45) is 0 Å². The molecule has 3 aromatic heterocycles. The van der Waals surface area contributed by atoms with E-state index in [-0.39, 0.29) is 11.4 Å². The predicted molar refractivity (Wildman–Crippen MR) is 87.2 cm³/mol. The molecule has 0 bridgehead atoms. The van der Waals surface area contributed by atoms with Gasteiger partial charge in [0, 0.05) is 12.4 Å². The largest absolute Gasteiger partial charge is 0.264 e. The summed E-state index contributed by atoms with van der Waals surface area (Å²) in [5.74, 6) is -0.958. The molecule has 118 valence electrons. The van der Waals surface area contributed by atoms with Gasteiger partial charge in [-0.1, -0.05) is 23.5 Å². The average molecular weight is 341 g/mol. The van der Waals surface area contributed by atoms with Crippen molar-refractivity contribution in [3.8, 4) is 11.4 Å². The first-order valence-electron chi connectivity index (χ1n) is 6.96. The van der Waals surface area contributed by atoms with Gasteiger partial charge in [-0.3, -0.25) is 4.98 Å². The minimum atomic E-state index is -0.578. The van der Waals surface area contributed by atoms with Gasteiger partial charge in [0.05, 0.1) is 5.56 Å². The molecule has 4 aromatic rings. The van der Waals surface area contributed by atoms with Gasteiger partial charge in [-0.05, 0) is 35.9 Å². The van der Waals surface area contributed by atoms with Crippen LogP contribution in [0.3, 0.4) is 0 Å². The molecule has 0 aliphatic rings. The van der Waals surface area contributed by atoms with Crippen molar-refractivity contribution in [2.75, 3.05) is 0 Å². The second kappa shape index (κ2) is 5.89. The lowest BCUT2D eigenvalue weighted by atomic mass is 10.2. The van der Waals surface area contributed by atoms with E-state index < -0.39 is 11.6 Å². The molecule has 4 rings (SSSR count). The molecule has 1 aromatic carbocycles. The van der Waals surface area contributed by atoms with Crippen molar-refractivity contribution < 1.29 is 8.78 Å². The zero-order chi connectivity index (χ0) is 16.5. The van der Waals surface area contributed by atoms with E-state index in [4.69, 9.17) is 0 Å². The zero-order valence-electron chi connectivity index (χ0n) is 12.1. The molecule has 0 spiro atoms. The van der Waals surface area contributed by atoms with Crippen LogP contribution in [0.4, 0.5) is 8.78 Å². The molecule has 0 N–H and O–H groups in total. The molecule has 0 radical (unpaired) electrons. The van der Waals surface area contributed by atoms with E-state index in [1.54, 1.807) is 12.4 Å². The Morgan fingerprint density at radius 2 is 2.00 bits per heavy atom. The van der Waals surface area contributed by atoms with Gasteiger partial charge in [0.2, 0.25) is 4.96 Å². The summed E-state index contributed by atoms with van der Waals surface area (Å²) >= 11 is 1.30. The molecule has 0 unspecified atom stereocenters. The first-order valence-corrected chi connectivity index (χ1v) is 7.78. The standard InChI is InChI=1S/C16H9F2N5S/c17-11-4-5-13(18)12(8-11)15-20-21-16-23(15)22-14(24-16)6-3-10-2-1-7-19-9-10/h1-9H. The van der Waals surface area contributed by atoms with Gasteiger partial charge in [0.15, 0.2) is 5.82 Å². The van der Waals surface area contributed by atoms with Gasteiger partial charge < -0.3 is 0 Å². The number of nitrogens with zero attached hydrogens (tertiary/aromatic N) is 5. The molecule has 0 amide bonds. The molecule has 0 aliphatic heterocycles. The topological polar surface area (TPSA) is 56.0 Å². The van der Waals surface area contributed by atoms with Crippen LogP contribution in [0.5, 0.6) is 0 Å². The van der Waals surface area contributed by atoms with Crippen LogP contribution in [0.25, 0.3) is 28.5 Å². The van der Waals surface area contributed by atoms with E-state index in [1.807, 2.05) is 24.3 Å². The van der Waals surface area contributed by atoms with E-state index >= 15 is 0 Å². The van der Waals surface area contributed by atoms with Crippen LogP contribution in [-0.2, 0) is 0 Å². The quantitative estimate of drug-likeness (QED) is 0.570. The Bertz CT molecular complexity index is 1040. The van der Waals surface area contributed by atoms with E-state index in [2.05, 4.69) is 20.3 Å². The highest BCUT2D eigenvalue weighted by Crippen LogP contribution is 2.25. The average Bonchev–Trinajstić information content (AvgIpc) is 3.16. The fraction of sp³-hybridized carbons (Fsp3) is 0. The first kappa shape index (κ1) is 14.6. The summed E-state index contributed by atoms with van der Waals surface area (Å²) < 4.78 is 28.7. The van der Waals surface area contributed by atoms with Crippen LogP contribution >= 0.6 is 11.3 Å².